The molecule has 0 atom stereocenters. The molecular weight excluding hydrogens is 584 g/mol. The van der Waals surface area contributed by atoms with Gasteiger partial charge in [-0.25, -0.2) is 0 Å². The maximum Gasteiger partial charge on any atom is 0.276 e. The number of carbonyl (C=O) groups excluding carboxylic acids is 2. The first-order valence-corrected chi connectivity index (χ1v) is 11.3. The third kappa shape index (κ3) is 5.53. The number of fused-ring (bicyclic) bond motifs is 1. The van der Waals surface area contributed by atoms with Crippen LogP contribution in [-0.2, 0) is 4.79 Å². The first-order chi connectivity index (χ1) is 14.4. The van der Waals surface area contributed by atoms with E-state index >= 15 is 0 Å². The third-order valence-electron chi connectivity index (χ3n) is 4.05. The smallest absolute Gasteiger partial charge is 0.276 e. The Kier molecular flexibility index (Phi) is 7.74. The molecule has 0 aliphatic carbocycles. The Hall–Kier alpha value is -2.10. The molecule has 30 heavy (non-hydrogen) atoms. The van der Waals surface area contributed by atoms with Crippen molar-refractivity contribution in [3.05, 3.63) is 67.5 Å². The van der Waals surface area contributed by atoms with Gasteiger partial charge in [0.15, 0.2) is 6.61 Å². The van der Waals surface area contributed by atoms with Gasteiger partial charge < -0.3 is 9.47 Å². The molecule has 0 fully saturated rings. The zero-order valence-corrected chi connectivity index (χ0v) is 20.6. The Bertz CT molecular complexity index is 1110. The highest BCUT2D eigenvalue weighted by Crippen LogP contribution is 2.34. The van der Waals surface area contributed by atoms with Gasteiger partial charge in [0.05, 0.1) is 15.6 Å². The lowest BCUT2D eigenvalue weighted by molar-refractivity contribution is -0.123. The van der Waals surface area contributed by atoms with Crippen LogP contribution < -0.4 is 20.3 Å². The van der Waals surface area contributed by atoms with Gasteiger partial charge in [0.2, 0.25) is 0 Å². The van der Waals surface area contributed by atoms with Crippen LogP contribution in [0.3, 0.4) is 0 Å². The van der Waals surface area contributed by atoms with Gasteiger partial charge in [0.25, 0.3) is 11.8 Å². The summed E-state index contributed by atoms with van der Waals surface area (Å²) in [5, 5.41) is 1.99. The molecule has 3 aromatic carbocycles. The number of hydrazine groups is 1. The zero-order valence-electron chi connectivity index (χ0n) is 15.8. The van der Waals surface area contributed by atoms with E-state index in [9.17, 15) is 9.59 Å². The molecule has 6 nitrogen and oxygen atoms in total. The highest BCUT2D eigenvalue weighted by Gasteiger charge is 2.12. The summed E-state index contributed by atoms with van der Waals surface area (Å²) in [6.07, 6.45) is 0. The van der Waals surface area contributed by atoms with Crippen molar-refractivity contribution < 1.29 is 19.1 Å². The van der Waals surface area contributed by atoms with Gasteiger partial charge in [0, 0.05) is 10.0 Å². The van der Waals surface area contributed by atoms with Crippen LogP contribution in [0.2, 0.25) is 0 Å². The number of rotatable bonds is 6. The number of nitrogens with one attached hydrogen (secondary N) is 2. The van der Waals surface area contributed by atoms with Crippen molar-refractivity contribution in [2.24, 2.45) is 0 Å². The summed E-state index contributed by atoms with van der Waals surface area (Å²) < 4.78 is 13.4. The predicted octanol–water partition coefficient (Wildman–Crippen LogP) is 5.37. The molecule has 0 aromatic heterocycles. The van der Waals surface area contributed by atoms with Gasteiger partial charge in [0.1, 0.15) is 11.5 Å². The number of hydrogen-bond acceptors (Lipinski definition) is 4. The Morgan fingerprint density at radius 1 is 0.900 bits per heavy atom. The Morgan fingerprint density at radius 2 is 1.67 bits per heavy atom. The van der Waals surface area contributed by atoms with Crippen LogP contribution in [0.1, 0.15) is 17.3 Å². The average Bonchev–Trinajstić information content (AvgIpc) is 2.73. The number of ether oxygens (including phenoxy) is 2. The van der Waals surface area contributed by atoms with Gasteiger partial charge in [-0.05, 0) is 86.0 Å². The molecule has 0 aliphatic rings. The van der Waals surface area contributed by atoms with Crippen LogP contribution >= 0.6 is 47.8 Å². The molecule has 0 saturated carbocycles. The fourth-order valence-electron chi connectivity index (χ4n) is 2.65. The van der Waals surface area contributed by atoms with Crippen molar-refractivity contribution in [3.63, 3.8) is 0 Å². The topological polar surface area (TPSA) is 76.7 Å². The minimum atomic E-state index is -0.490. The number of halogens is 3. The maximum absolute atomic E-state index is 12.2. The number of carbonyl (C=O) groups is 2. The van der Waals surface area contributed by atoms with E-state index < -0.39 is 11.8 Å². The summed E-state index contributed by atoms with van der Waals surface area (Å²) in [5.74, 6) is 0.224. The minimum Gasteiger partial charge on any atom is -0.493 e. The van der Waals surface area contributed by atoms with E-state index in [0.717, 1.165) is 19.7 Å². The van der Waals surface area contributed by atoms with E-state index in [2.05, 4.69) is 58.6 Å². The van der Waals surface area contributed by atoms with Crippen molar-refractivity contribution in [2.45, 2.75) is 6.92 Å². The highest BCUT2D eigenvalue weighted by molar-refractivity contribution is 9.11. The van der Waals surface area contributed by atoms with Gasteiger partial charge in [-0.1, -0.05) is 28.1 Å². The van der Waals surface area contributed by atoms with Crippen LogP contribution in [0.15, 0.2) is 61.9 Å². The summed E-state index contributed by atoms with van der Waals surface area (Å²) in [7, 11) is 0. The second kappa shape index (κ2) is 10.3. The lowest BCUT2D eigenvalue weighted by Gasteiger charge is -2.12. The van der Waals surface area contributed by atoms with E-state index in [1.165, 1.54) is 0 Å². The molecule has 0 bridgehead atoms. The van der Waals surface area contributed by atoms with Crippen molar-refractivity contribution in [1.29, 1.82) is 0 Å². The monoisotopic (exact) mass is 598 g/mol. The molecule has 0 spiro atoms. The summed E-state index contributed by atoms with van der Waals surface area (Å²) in [6, 6.07) is 14.5. The second-order valence-electron chi connectivity index (χ2n) is 6.11. The van der Waals surface area contributed by atoms with Crippen molar-refractivity contribution in [2.75, 3.05) is 13.2 Å². The normalized spacial score (nSPS) is 10.5. The molecule has 0 unspecified atom stereocenters. The maximum atomic E-state index is 12.2. The molecule has 3 rings (SSSR count). The SMILES string of the molecule is CCOc1ccc(C(=O)NNC(=O)COc2ccc3cc(Br)ccc3c2Br)cc1Br. The van der Waals surface area contributed by atoms with Gasteiger partial charge in [-0.2, -0.15) is 0 Å². The number of amides is 2. The largest absolute Gasteiger partial charge is 0.493 e. The van der Waals surface area contributed by atoms with E-state index in [4.69, 9.17) is 9.47 Å². The third-order valence-corrected chi connectivity index (χ3v) is 5.98. The molecule has 156 valence electrons. The second-order valence-corrected chi connectivity index (χ2v) is 8.68. The van der Waals surface area contributed by atoms with Crippen molar-refractivity contribution in [1.82, 2.24) is 10.9 Å². The van der Waals surface area contributed by atoms with Crippen LogP contribution in [0, 0.1) is 0 Å². The molecule has 2 N–H and O–H groups in total. The first-order valence-electron chi connectivity index (χ1n) is 8.91. The van der Waals surface area contributed by atoms with E-state index in [1.54, 1.807) is 24.3 Å². The standard InChI is InChI=1S/C21H17Br3N2O4/c1-2-29-17-7-4-13(10-16(17)23)21(28)26-25-19(27)11-30-18-8-3-12-9-14(22)5-6-15(12)20(18)24/h3-10H,2,11H2,1H3,(H,25,27)(H,26,28). The quantitative estimate of drug-likeness (QED) is 0.373. The predicted molar refractivity (Wildman–Crippen MR) is 126 cm³/mol. The molecular formula is C21H17Br3N2O4. The summed E-state index contributed by atoms with van der Waals surface area (Å²) in [4.78, 5) is 24.3. The summed E-state index contributed by atoms with van der Waals surface area (Å²) >= 11 is 10.3. The first kappa shape index (κ1) is 22.6. The molecule has 0 radical (unpaired) electrons. The minimum absolute atomic E-state index is 0.256. The summed E-state index contributed by atoms with van der Waals surface area (Å²) in [5.41, 5.74) is 5.08. The molecule has 0 saturated heterocycles. The molecule has 0 aliphatic heterocycles. The number of benzene rings is 3. The van der Waals surface area contributed by atoms with E-state index in [-0.39, 0.29) is 6.61 Å². The average molecular weight is 601 g/mol. The molecule has 9 heteroatoms. The molecule has 3 aromatic rings. The molecule has 2 amide bonds. The van der Waals surface area contributed by atoms with E-state index in [0.29, 0.717) is 28.1 Å². The van der Waals surface area contributed by atoms with Crippen molar-refractivity contribution in [3.8, 4) is 11.5 Å². The van der Waals surface area contributed by atoms with Crippen molar-refractivity contribution >= 4 is 70.4 Å². The Balaban J connectivity index is 1.55. The summed E-state index contributed by atoms with van der Waals surface area (Å²) in [6.45, 7) is 2.14. The van der Waals surface area contributed by atoms with Crippen LogP contribution in [-0.4, -0.2) is 25.0 Å². The zero-order chi connectivity index (χ0) is 21.7. The lowest BCUT2D eigenvalue weighted by Crippen LogP contribution is -2.43. The van der Waals surface area contributed by atoms with Crippen LogP contribution in [0.5, 0.6) is 11.5 Å². The van der Waals surface area contributed by atoms with Gasteiger partial charge in [-0.3, -0.25) is 20.4 Å². The fourth-order valence-corrected chi connectivity index (χ4v) is 4.13. The van der Waals surface area contributed by atoms with E-state index in [1.807, 2.05) is 31.2 Å². The fraction of sp³-hybridized carbons (Fsp3) is 0.143. The van der Waals surface area contributed by atoms with Crippen LogP contribution in [0.4, 0.5) is 0 Å². The van der Waals surface area contributed by atoms with Gasteiger partial charge in [-0.15, -0.1) is 0 Å². The Labute approximate surface area is 198 Å². The number of hydrogen-bond donors (Lipinski definition) is 2. The van der Waals surface area contributed by atoms with Gasteiger partial charge >= 0.3 is 0 Å². The molecule has 0 heterocycles. The Morgan fingerprint density at radius 3 is 2.40 bits per heavy atom. The van der Waals surface area contributed by atoms with Crippen LogP contribution in [0.25, 0.3) is 10.8 Å². The highest BCUT2D eigenvalue weighted by atomic mass is 79.9. The lowest BCUT2D eigenvalue weighted by atomic mass is 10.1.